The summed E-state index contributed by atoms with van der Waals surface area (Å²) >= 11 is 0. The molecule has 2 aliphatic heterocycles. The van der Waals surface area contributed by atoms with E-state index in [1.807, 2.05) is 13.0 Å². The van der Waals surface area contributed by atoms with Crippen molar-refractivity contribution in [3.8, 4) is 5.75 Å². The SMILES string of the molecule is C[C@@H]1C[C@@H](C)[C@]2(CC[C@@H](C)[C@@H](Cc3nc4c(C(=O)O)c(O)ccc4o3)O2)O[C@@H]1[C@H](C)C(=O)c1ccc[nH]1. The van der Waals surface area contributed by atoms with E-state index in [-0.39, 0.29) is 58.5 Å². The van der Waals surface area contributed by atoms with E-state index in [1.165, 1.54) is 12.1 Å². The quantitative estimate of drug-likeness (QED) is 0.386. The normalized spacial score (nSPS) is 31.0. The van der Waals surface area contributed by atoms with Crippen LogP contribution in [0, 0.1) is 23.7 Å². The second-order valence-corrected chi connectivity index (χ2v) is 10.8. The number of benzene rings is 1. The molecular formula is C28H34N2O7. The fourth-order valence-electron chi connectivity index (χ4n) is 6.04. The molecule has 0 unspecified atom stereocenters. The number of carboxylic acids is 1. The van der Waals surface area contributed by atoms with Crippen molar-refractivity contribution in [3.05, 3.63) is 47.6 Å². The Balaban J connectivity index is 1.38. The number of aromatic hydroxyl groups is 1. The molecule has 3 aromatic rings. The summed E-state index contributed by atoms with van der Waals surface area (Å²) in [7, 11) is 0. The maximum Gasteiger partial charge on any atom is 0.341 e. The number of Topliss-reactive ketones (excluding diaryl/α,β-unsaturated/α-hetero) is 1. The van der Waals surface area contributed by atoms with Gasteiger partial charge < -0.3 is 29.1 Å². The number of nitrogens with zero attached hydrogens (tertiary/aromatic N) is 1. The molecule has 5 rings (SSSR count). The zero-order chi connectivity index (χ0) is 26.5. The Bertz CT molecular complexity index is 1300. The number of ether oxygens (including phenoxy) is 2. The van der Waals surface area contributed by atoms with Gasteiger partial charge in [0.05, 0.1) is 24.3 Å². The fourth-order valence-corrected chi connectivity index (χ4v) is 6.04. The molecule has 4 heterocycles. The number of nitrogens with one attached hydrogen (secondary N) is 1. The summed E-state index contributed by atoms with van der Waals surface area (Å²) in [4.78, 5) is 32.2. The number of rotatable bonds is 6. The summed E-state index contributed by atoms with van der Waals surface area (Å²) in [6, 6.07) is 6.41. The number of hydrogen-bond donors (Lipinski definition) is 3. The zero-order valence-corrected chi connectivity index (χ0v) is 21.6. The molecule has 9 heteroatoms. The van der Waals surface area contributed by atoms with Crippen molar-refractivity contribution in [3.63, 3.8) is 0 Å². The Labute approximate surface area is 215 Å². The van der Waals surface area contributed by atoms with Gasteiger partial charge in [0.1, 0.15) is 16.8 Å². The number of aromatic carboxylic acids is 1. The molecule has 0 saturated carbocycles. The second-order valence-electron chi connectivity index (χ2n) is 10.8. The lowest BCUT2D eigenvalue weighted by atomic mass is 9.75. The van der Waals surface area contributed by atoms with E-state index in [9.17, 15) is 19.8 Å². The summed E-state index contributed by atoms with van der Waals surface area (Å²) in [5.41, 5.74) is 0.725. The van der Waals surface area contributed by atoms with Crippen LogP contribution in [-0.4, -0.2) is 49.9 Å². The van der Waals surface area contributed by atoms with Crippen LogP contribution in [0.1, 0.15) is 73.7 Å². The molecule has 1 spiro atoms. The first-order chi connectivity index (χ1) is 17.6. The van der Waals surface area contributed by atoms with Crippen LogP contribution in [0.2, 0.25) is 0 Å². The summed E-state index contributed by atoms with van der Waals surface area (Å²) in [5, 5.41) is 19.5. The molecule has 9 nitrogen and oxygen atoms in total. The van der Waals surface area contributed by atoms with Gasteiger partial charge in [0.15, 0.2) is 23.0 Å². The standard InChI is InChI=1S/C28H34N2O7/c1-14-9-10-28(16(3)12-15(2)26(37-28)17(4)25(32)18-6-5-11-29-18)36-21(14)13-22-30-24-20(35-22)8-7-19(31)23(24)27(33)34/h5-8,11,14-17,21,26,29,31H,9-10,12-13H2,1-4H3,(H,33,34)/t14-,15-,16-,17-,21-,26+,28+/m1/s1. The molecule has 2 saturated heterocycles. The molecule has 0 bridgehead atoms. The van der Waals surface area contributed by atoms with E-state index < -0.39 is 11.8 Å². The minimum absolute atomic E-state index is 0.0243. The molecule has 7 atom stereocenters. The highest BCUT2D eigenvalue weighted by molar-refractivity contribution is 6.03. The van der Waals surface area contributed by atoms with Crippen molar-refractivity contribution in [1.29, 1.82) is 0 Å². The van der Waals surface area contributed by atoms with Gasteiger partial charge in [0.2, 0.25) is 0 Å². The van der Waals surface area contributed by atoms with Crippen molar-refractivity contribution < 1.29 is 33.7 Å². The smallest absolute Gasteiger partial charge is 0.341 e. The lowest BCUT2D eigenvalue weighted by Crippen LogP contribution is -2.58. The molecular weight excluding hydrogens is 476 g/mol. The Hall–Kier alpha value is -3.17. The minimum atomic E-state index is -1.27. The monoisotopic (exact) mass is 510 g/mol. The van der Waals surface area contributed by atoms with Crippen LogP contribution in [0.15, 0.2) is 34.9 Å². The Kier molecular flexibility index (Phi) is 6.62. The summed E-state index contributed by atoms with van der Waals surface area (Å²) in [6.07, 6.45) is 4.00. The minimum Gasteiger partial charge on any atom is -0.507 e. The van der Waals surface area contributed by atoms with E-state index in [0.29, 0.717) is 23.6 Å². The highest BCUT2D eigenvalue weighted by Gasteiger charge is 2.52. The Morgan fingerprint density at radius 1 is 1.19 bits per heavy atom. The fraction of sp³-hybridized carbons (Fsp3) is 0.536. The average molecular weight is 511 g/mol. The van der Waals surface area contributed by atoms with E-state index in [0.717, 1.165) is 19.3 Å². The van der Waals surface area contributed by atoms with Crippen LogP contribution in [0.3, 0.4) is 0 Å². The third-order valence-corrected chi connectivity index (χ3v) is 8.25. The number of hydrogen-bond acceptors (Lipinski definition) is 7. The van der Waals surface area contributed by atoms with Gasteiger partial charge in [-0.25, -0.2) is 9.78 Å². The first kappa shape index (κ1) is 25.5. The third-order valence-electron chi connectivity index (χ3n) is 8.25. The summed E-state index contributed by atoms with van der Waals surface area (Å²) in [5.74, 6) is -1.90. The number of carbonyl (C=O) groups is 2. The lowest BCUT2D eigenvalue weighted by molar-refractivity contribution is -0.355. The number of aromatic amines is 1. The molecule has 2 aromatic heterocycles. The number of ketones is 1. The van der Waals surface area contributed by atoms with Crippen molar-refractivity contribution in [1.82, 2.24) is 9.97 Å². The number of aromatic nitrogens is 2. The molecule has 2 aliphatic rings. The maximum atomic E-state index is 13.1. The highest BCUT2D eigenvalue weighted by Crippen LogP contribution is 2.48. The Morgan fingerprint density at radius 3 is 2.68 bits per heavy atom. The van der Waals surface area contributed by atoms with Gasteiger partial charge in [-0.1, -0.05) is 27.7 Å². The van der Waals surface area contributed by atoms with Gasteiger partial charge in [0.25, 0.3) is 0 Å². The predicted octanol–water partition coefficient (Wildman–Crippen LogP) is 5.19. The van der Waals surface area contributed by atoms with Crippen LogP contribution < -0.4 is 0 Å². The first-order valence-electron chi connectivity index (χ1n) is 13.0. The molecule has 2 fully saturated rings. The van der Waals surface area contributed by atoms with Crippen LogP contribution >= 0.6 is 0 Å². The van der Waals surface area contributed by atoms with E-state index in [2.05, 4.69) is 30.7 Å². The first-order valence-corrected chi connectivity index (χ1v) is 13.0. The van der Waals surface area contributed by atoms with Crippen LogP contribution in [0.25, 0.3) is 11.1 Å². The van der Waals surface area contributed by atoms with Crippen LogP contribution in [-0.2, 0) is 15.9 Å². The predicted molar refractivity (Wildman–Crippen MR) is 134 cm³/mol. The molecule has 3 N–H and O–H groups in total. The largest absolute Gasteiger partial charge is 0.507 e. The molecule has 0 radical (unpaired) electrons. The summed E-state index contributed by atoms with van der Waals surface area (Å²) in [6.45, 7) is 8.30. The highest BCUT2D eigenvalue weighted by atomic mass is 16.7. The zero-order valence-electron chi connectivity index (χ0n) is 21.6. The lowest BCUT2D eigenvalue weighted by Gasteiger charge is -2.53. The van der Waals surface area contributed by atoms with Crippen LogP contribution in [0.4, 0.5) is 0 Å². The van der Waals surface area contributed by atoms with Gasteiger partial charge in [-0.05, 0) is 48.9 Å². The van der Waals surface area contributed by atoms with E-state index in [1.54, 1.807) is 12.3 Å². The van der Waals surface area contributed by atoms with Gasteiger partial charge in [-0.3, -0.25) is 4.79 Å². The van der Waals surface area contributed by atoms with Gasteiger partial charge in [-0.2, -0.15) is 0 Å². The topological polar surface area (TPSA) is 135 Å². The van der Waals surface area contributed by atoms with Crippen LogP contribution in [0.5, 0.6) is 5.75 Å². The van der Waals surface area contributed by atoms with E-state index >= 15 is 0 Å². The maximum absolute atomic E-state index is 13.1. The number of oxazole rings is 1. The average Bonchev–Trinajstić information content (AvgIpc) is 3.52. The van der Waals surface area contributed by atoms with E-state index in [4.69, 9.17) is 13.9 Å². The molecule has 0 amide bonds. The number of fused-ring (bicyclic) bond motifs is 1. The van der Waals surface area contributed by atoms with Crippen molar-refractivity contribution in [2.75, 3.05) is 0 Å². The Morgan fingerprint density at radius 2 is 1.97 bits per heavy atom. The molecule has 198 valence electrons. The molecule has 37 heavy (non-hydrogen) atoms. The van der Waals surface area contributed by atoms with Crippen molar-refractivity contribution in [2.24, 2.45) is 23.7 Å². The second kappa shape index (κ2) is 9.61. The summed E-state index contributed by atoms with van der Waals surface area (Å²) < 4.78 is 19.3. The molecule has 0 aliphatic carbocycles. The van der Waals surface area contributed by atoms with Crippen molar-refractivity contribution >= 4 is 22.9 Å². The molecule has 1 aromatic carbocycles. The van der Waals surface area contributed by atoms with Gasteiger partial charge in [0, 0.05) is 24.5 Å². The van der Waals surface area contributed by atoms with Gasteiger partial charge in [-0.15, -0.1) is 0 Å². The number of phenols is 1. The number of H-pyrrole nitrogens is 1. The number of carboxylic acid groups (broad SMARTS) is 1. The number of carbonyl (C=O) groups excluding carboxylic acids is 1. The van der Waals surface area contributed by atoms with Crippen molar-refractivity contribution in [2.45, 2.75) is 71.4 Å². The van der Waals surface area contributed by atoms with Gasteiger partial charge >= 0.3 is 5.97 Å². The third kappa shape index (κ3) is 4.55.